The van der Waals surface area contributed by atoms with Crippen molar-refractivity contribution >= 4 is 34.4 Å². The number of carbonyl (C=O) groups is 2. The minimum absolute atomic E-state index is 0.0167. The minimum Gasteiger partial charge on any atom is -0.496 e. The number of para-hydroxylation sites is 1. The van der Waals surface area contributed by atoms with Crippen LogP contribution < -0.4 is 20.2 Å². The number of halogens is 1. The number of fused-ring (bicyclic) bond motifs is 1. The molecular formula is C21H18ClNO7. The molecule has 0 saturated heterocycles. The SMILES string of the molecule is COc1cc(C)cc(OCCNC(=O)C(=O)O)c1-c1cc(=O)c2cccc(Cl)c2o1. The van der Waals surface area contributed by atoms with E-state index in [9.17, 15) is 14.4 Å². The zero-order valence-electron chi connectivity index (χ0n) is 16.2. The number of aliphatic carboxylic acids is 1. The van der Waals surface area contributed by atoms with Gasteiger partial charge in [0.05, 0.1) is 24.1 Å². The van der Waals surface area contributed by atoms with Crippen LogP contribution in [0.15, 0.2) is 45.6 Å². The molecule has 0 saturated carbocycles. The summed E-state index contributed by atoms with van der Waals surface area (Å²) >= 11 is 6.20. The molecule has 0 bridgehead atoms. The average Bonchev–Trinajstić information content (AvgIpc) is 2.71. The van der Waals surface area contributed by atoms with Gasteiger partial charge >= 0.3 is 11.9 Å². The van der Waals surface area contributed by atoms with Crippen molar-refractivity contribution in [1.82, 2.24) is 5.32 Å². The van der Waals surface area contributed by atoms with Gasteiger partial charge in [-0.05, 0) is 36.8 Å². The van der Waals surface area contributed by atoms with Crippen LogP contribution in [0.2, 0.25) is 5.02 Å². The van der Waals surface area contributed by atoms with Crippen LogP contribution in [0.4, 0.5) is 0 Å². The summed E-state index contributed by atoms with van der Waals surface area (Å²) in [6.45, 7) is 1.78. The maximum absolute atomic E-state index is 12.6. The fourth-order valence-corrected chi connectivity index (χ4v) is 3.12. The third-order valence-corrected chi connectivity index (χ3v) is 4.52. The number of amides is 1. The third kappa shape index (κ3) is 4.38. The summed E-state index contributed by atoms with van der Waals surface area (Å²) in [5, 5.41) is 11.5. The number of carbonyl (C=O) groups excluding carboxylic acids is 1. The molecule has 3 aromatic rings. The lowest BCUT2D eigenvalue weighted by Crippen LogP contribution is -2.33. The molecule has 9 heteroatoms. The molecule has 1 amide bonds. The van der Waals surface area contributed by atoms with Crippen LogP contribution in [0.3, 0.4) is 0 Å². The fraction of sp³-hybridized carbons (Fsp3) is 0.190. The van der Waals surface area contributed by atoms with E-state index in [0.29, 0.717) is 22.4 Å². The van der Waals surface area contributed by atoms with E-state index in [0.717, 1.165) is 5.56 Å². The van der Waals surface area contributed by atoms with Crippen molar-refractivity contribution in [3.8, 4) is 22.8 Å². The molecule has 3 rings (SSSR count). The number of ether oxygens (including phenoxy) is 2. The molecule has 0 aliphatic carbocycles. The zero-order chi connectivity index (χ0) is 21.8. The van der Waals surface area contributed by atoms with Crippen molar-refractivity contribution in [2.45, 2.75) is 6.92 Å². The number of nitrogens with one attached hydrogen (secondary N) is 1. The van der Waals surface area contributed by atoms with Gasteiger partial charge in [-0.3, -0.25) is 9.59 Å². The lowest BCUT2D eigenvalue weighted by atomic mass is 10.1. The molecule has 0 spiro atoms. The molecule has 0 unspecified atom stereocenters. The highest BCUT2D eigenvalue weighted by molar-refractivity contribution is 6.34. The van der Waals surface area contributed by atoms with E-state index >= 15 is 0 Å². The van der Waals surface area contributed by atoms with Gasteiger partial charge in [0.2, 0.25) is 0 Å². The highest BCUT2D eigenvalue weighted by atomic mass is 35.5. The van der Waals surface area contributed by atoms with Crippen LogP contribution in [-0.2, 0) is 9.59 Å². The van der Waals surface area contributed by atoms with Crippen molar-refractivity contribution in [2.24, 2.45) is 0 Å². The number of methoxy groups -OCH3 is 1. The standard InChI is InChI=1S/C21H18ClNO7/c1-11-8-15(28-2)18(16(9-11)29-7-6-23-20(25)21(26)27)17-10-14(24)12-4-3-5-13(22)19(12)30-17/h3-5,8-10H,6-7H2,1-2H3,(H,23,25)(H,26,27). The topological polar surface area (TPSA) is 115 Å². The van der Waals surface area contributed by atoms with Gasteiger partial charge in [-0.25, -0.2) is 4.79 Å². The van der Waals surface area contributed by atoms with Crippen molar-refractivity contribution in [3.05, 3.63) is 57.2 Å². The lowest BCUT2D eigenvalue weighted by molar-refractivity contribution is -0.150. The number of rotatable bonds is 6. The number of aryl methyl sites for hydroxylation is 1. The van der Waals surface area contributed by atoms with E-state index in [4.69, 9.17) is 30.6 Å². The molecule has 8 nitrogen and oxygen atoms in total. The molecule has 30 heavy (non-hydrogen) atoms. The smallest absolute Gasteiger partial charge is 0.394 e. The maximum Gasteiger partial charge on any atom is 0.394 e. The first-order valence-electron chi connectivity index (χ1n) is 8.87. The number of benzene rings is 2. The van der Waals surface area contributed by atoms with E-state index in [1.54, 1.807) is 30.3 Å². The first-order chi connectivity index (χ1) is 14.3. The Bertz CT molecular complexity index is 1190. The normalized spacial score (nSPS) is 10.6. The highest BCUT2D eigenvalue weighted by Gasteiger charge is 2.19. The summed E-state index contributed by atoms with van der Waals surface area (Å²) in [5.41, 5.74) is 1.17. The predicted molar refractivity (Wildman–Crippen MR) is 110 cm³/mol. The second-order valence-corrected chi connectivity index (χ2v) is 6.75. The van der Waals surface area contributed by atoms with E-state index in [2.05, 4.69) is 5.32 Å². The Morgan fingerprint density at radius 2 is 1.93 bits per heavy atom. The monoisotopic (exact) mass is 431 g/mol. The number of carboxylic acids is 1. The van der Waals surface area contributed by atoms with Gasteiger partial charge in [0.15, 0.2) is 11.0 Å². The van der Waals surface area contributed by atoms with Gasteiger partial charge < -0.3 is 24.3 Å². The Balaban J connectivity index is 2.03. The molecule has 0 atom stereocenters. The molecule has 2 aromatic carbocycles. The predicted octanol–water partition coefficient (Wildman–Crippen LogP) is 3.01. The van der Waals surface area contributed by atoms with Gasteiger partial charge in [-0.1, -0.05) is 17.7 Å². The third-order valence-electron chi connectivity index (χ3n) is 4.22. The fourth-order valence-electron chi connectivity index (χ4n) is 2.91. The first kappa shape index (κ1) is 21.2. The second kappa shape index (κ2) is 8.87. The van der Waals surface area contributed by atoms with Gasteiger partial charge in [-0.2, -0.15) is 0 Å². The molecular weight excluding hydrogens is 414 g/mol. The van der Waals surface area contributed by atoms with Crippen molar-refractivity contribution in [2.75, 3.05) is 20.3 Å². The maximum atomic E-state index is 12.6. The Labute approximate surface area is 176 Å². The molecule has 0 aliphatic heterocycles. The van der Waals surface area contributed by atoms with Crippen molar-refractivity contribution in [3.63, 3.8) is 0 Å². The van der Waals surface area contributed by atoms with E-state index in [1.165, 1.54) is 13.2 Å². The molecule has 0 fully saturated rings. The molecule has 1 heterocycles. The summed E-state index contributed by atoms with van der Waals surface area (Å²) in [4.78, 5) is 34.3. The van der Waals surface area contributed by atoms with Crippen LogP contribution >= 0.6 is 11.6 Å². The summed E-state index contributed by atoms with van der Waals surface area (Å²) < 4.78 is 17.1. The summed E-state index contributed by atoms with van der Waals surface area (Å²) in [5.74, 6) is -1.76. The number of hydrogen-bond acceptors (Lipinski definition) is 6. The van der Waals surface area contributed by atoms with Crippen LogP contribution in [0.25, 0.3) is 22.3 Å². The van der Waals surface area contributed by atoms with E-state index < -0.39 is 11.9 Å². The number of carboxylic acid groups (broad SMARTS) is 1. The molecule has 0 radical (unpaired) electrons. The van der Waals surface area contributed by atoms with E-state index in [-0.39, 0.29) is 34.9 Å². The van der Waals surface area contributed by atoms with Crippen LogP contribution in [0, 0.1) is 6.92 Å². The largest absolute Gasteiger partial charge is 0.496 e. The Kier molecular flexibility index (Phi) is 6.27. The average molecular weight is 432 g/mol. The van der Waals surface area contributed by atoms with Crippen LogP contribution in [0.1, 0.15) is 5.56 Å². The van der Waals surface area contributed by atoms with Gasteiger partial charge in [0.25, 0.3) is 0 Å². The number of hydrogen-bond donors (Lipinski definition) is 2. The minimum atomic E-state index is -1.58. The molecule has 156 valence electrons. The van der Waals surface area contributed by atoms with Crippen molar-refractivity contribution < 1.29 is 28.6 Å². The van der Waals surface area contributed by atoms with Gasteiger partial charge in [-0.15, -0.1) is 0 Å². The lowest BCUT2D eigenvalue weighted by Gasteiger charge is -2.16. The summed E-state index contributed by atoms with van der Waals surface area (Å²) in [6, 6.07) is 9.69. The van der Waals surface area contributed by atoms with Crippen molar-refractivity contribution in [1.29, 1.82) is 0 Å². The highest BCUT2D eigenvalue weighted by Crippen LogP contribution is 2.40. The van der Waals surface area contributed by atoms with E-state index in [1.807, 2.05) is 6.92 Å². The summed E-state index contributed by atoms with van der Waals surface area (Å²) in [6.07, 6.45) is 0. The molecule has 0 aliphatic rings. The summed E-state index contributed by atoms with van der Waals surface area (Å²) in [7, 11) is 1.47. The molecule has 1 aromatic heterocycles. The Morgan fingerprint density at radius 1 is 1.20 bits per heavy atom. The second-order valence-electron chi connectivity index (χ2n) is 6.34. The Hall–Kier alpha value is -3.52. The first-order valence-corrected chi connectivity index (χ1v) is 9.25. The quantitative estimate of drug-likeness (QED) is 0.455. The Morgan fingerprint density at radius 3 is 2.63 bits per heavy atom. The zero-order valence-corrected chi connectivity index (χ0v) is 16.9. The molecule has 2 N–H and O–H groups in total. The van der Waals surface area contributed by atoms with Crippen LogP contribution in [0.5, 0.6) is 11.5 Å². The van der Waals surface area contributed by atoms with Crippen LogP contribution in [-0.4, -0.2) is 37.2 Å². The van der Waals surface area contributed by atoms with Gasteiger partial charge in [0, 0.05) is 6.07 Å². The van der Waals surface area contributed by atoms with Gasteiger partial charge in [0.1, 0.15) is 29.4 Å².